The number of aldehydes is 1. The first-order valence-corrected chi connectivity index (χ1v) is 2.16. The molecule has 3 nitrogen and oxygen atoms in total. The molecule has 0 radical (unpaired) electrons. The second kappa shape index (κ2) is 3.35. The van der Waals surface area contributed by atoms with Crippen LogP contribution in [0.2, 0.25) is 0 Å². The second-order valence-electron chi connectivity index (χ2n) is 1.35. The monoisotopic (exact) mass is 116 g/mol. The molecular formula is C5H8O3. The molecule has 2 N–H and O–H groups in total. The highest BCUT2D eigenvalue weighted by Crippen LogP contribution is 1.88. The van der Waals surface area contributed by atoms with E-state index in [0.717, 1.165) is 6.08 Å². The van der Waals surface area contributed by atoms with Gasteiger partial charge in [0.15, 0.2) is 6.29 Å². The van der Waals surface area contributed by atoms with Crippen molar-refractivity contribution >= 4 is 6.29 Å². The number of carbonyl (C=O) groups is 1. The Labute approximate surface area is 47.3 Å². The van der Waals surface area contributed by atoms with Gasteiger partial charge in [-0.1, -0.05) is 6.08 Å². The van der Waals surface area contributed by atoms with E-state index in [-0.39, 0.29) is 6.29 Å². The van der Waals surface area contributed by atoms with Crippen molar-refractivity contribution in [1.29, 1.82) is 0 Å². The maximum absolute atomic E-state index is 9.65. The quantitative estimate of drug-likeness (QED) is 0.371. The van der Waals surface area contributed by atoms with Gasteiger partial charge in [0, 0.05) is 0 Å². The van der Waals surface area contributed by atoms with Crippen molar-refractivity contribution in [2.75, 3.05) is 0 Å². The second-order valence-corrected chi connectivity index (χ2v) is 1.35. The maximum Gasteiger partial charge on any atom is 0.151 e. The van der Waals surface area contributed by atoms with E-state index in [9.17, 15) is 4.79 Å². The molecule has 0 aromatic rings. The van der Waals surface area contributed by atoms with Crippen LogP contribution in [0, 0.1) is 0 Å². The largest absolute Gasteiger partial charge is 0.386 e. The van der Waals surface area contributed by atoms with E-state index in [2.05, 4.69) is 6.58 Å². The smallest absolute Gasteiger partial charge is 0.151 e. The summed E-state index contributed by atoms with van der Waals surface area (Å²) in [5, 5.41) is 17.0. The summed E-state index contributed by atoms with van der Waals surface area (Å²) in [6, 6.07) is 0. The highest BCUT2D eigenvalue weighted by Gasteiger charge is 2.08. The van der Waals surface area contributed by atoms with Crippen molar-refractivity contribution in [3.8, 4) is 0 Å². The Morgan fingerprint density at radius 1 is 1.38 bits per heavy atom. The molecule has 2 unspecified atom stereocenters. The Kier molecular flexibility index (Phi) is 3.07. The highest BCUT2D eigenvalue weighted by molar-refractivity contribution is 5.57. The number of aliphatic hydroxyl groups is 2. The molecule has 0 amide bonds. The van der Waals surface area contributed by atoms with Gasteiger partial charge in [-0.2, -0.15) is 0 Å². The van der Waals surface area contributed by atoms with E-state index in [1.807, 2.05) is 0 Å². The molecule has 0 rings (SSSR count). The summed E-state index contributed by atoms with van der Waals surface area (Å²) in [5.41, 5.74) is 0. The maximum atomic E-state index is 9.65. The molecule has 0 spiro atoms. The van der Waals surface area contributed by atoms with Gasteiger partial charge in [-0.05, 0) is 0 Å². The van der Waals surface area contributed by atoms with Crippen molar-refractivity contribution in [3.63, 3.8) is 0 Å². The summed E-state index contributed by atoms with van der Waals surface area (Å²) in [5.74, 6) is 0. The number of aliphatic hydroxyl groups excluding tert-OH is 2. The average Bonchev–Trinajstić information content (AvgIpc) is 1.84. The minimum Gasteiger partial charge on any atom is -0.386 e. The topological polar surface area (TPSA) is 57.5 Å². The molecule has 2 atom stereocenters. The Bertz CT molecular complexity index is 77.7. The van der Waals surface area contributed by atoms with Crippen molar-refractivity contribution in [2.24, 2.45) is 0 Å². The zero-order valence-corrected chi connectivity index (χ0v) is 4.32. The number of hydrogen-bond donors (Lipinski definition) is 2. The normalized spacial score (nSPS) is 16.8. The summed E-state index contributed by atoms with van der Waals surface area (Å²) < 4.78 is 0. The van der Waals surface area contributed by atoms with Gasteiger partial charge >= 0.3 is 0 Å². The van der Waals surface area contributed by atoms with Crippen LogP contribution in [0.25, 0.3) is 0 Å². The number of rotatable bonds is 3. The molecule has 46 valence electrons. The molecule has 0 heterocycles. The SMILES string of the molecule is C=CC(O)C(O)C=O. The summed E-state index contributed by atoms with van der Waals surface area (Å²) >= 11 is 0. The third kappa shape index (κ3) is 1.86. The van der Waals surface area contributed by atoms with Crippen molar-refractivity contribution in [2.45, 2.75) is 12.2 Å². The zero-order valence-electron chi connectivity index (χ0n) is 4.32. The average molecular weight is 116 g/mol. The van der Waals surface area contributed by atoms with Crippen LogP contribution < -0.4 is 0 Å². The first kappa shape index (κ1) is 7.33. The van der Waals surface area contributed by atoms with E-state index >= 15 is 0 Å². The van der Waals surface area contributed by atoms with Crippen LogP contribution in [0.1, 0.15) is 0 Å². The molecule has 3 heteroatoms. The number of carbonyl (C=O) groups excluding carboxylic acids is 1. The molecule has 0 saturated heterocycles. The minimum atomic E-state index is -1.33. The van der Waals surface area contributed by atoms with Gasteiger partial charge in [0.25, 0.3) is 0 Å². The van der Waals surface area contributed by atoms with Crippen molar-refractivity contribution < 1.29 is 15.0 Å². The van der Waals surface area contributed by atoms with Crippen molar-refractivity contribution in [3.05, 3.63) is 12.7 Å². The third-order valence-corrected chi connectivity index (χ3v) is 0.731. The van der Waals surface area contributed by atoms with Crippen LogP contribution in [0.15, 0.2) is 12.7 Å². The first-order chi connectivity index (χ1) is 3.72. The van der Waals surface area contributed by atoms with E-state index < -0.39 is 12.2 Å². The van der Waals surface area contributed by atoms with E-state index in [0.29, 0.717) is 0 Å². The molecule has 0 aromatic heterocycles. The molecule has 0 saturated carbocycles. The van der Waals surface area contributed by atoms with Crippen LogP contribution in [0.5, 0.6) is 0 Å². The lowest BCUT2D eigenvalue weighted by Crippen LogP contribution is -2.24. The van der Waals surface area contributed by atoms with Crippen LogP contribution >= 0.6 is 0 Å². The van der Waals surface area contributed by atoms with Crippen LogP contribution in [0.4, 0.5) is 0 Å². The van der Waals surface area contributed by atoms with Gasteiger partial charge in [0.1, 0.15) is 12.2 Å². The molecule has 0 aliphatic rings. The molecule has 0 bridgehead atoms. The Morgan fingerprint density at radius 2 is 1.88 bits per heavy atom. The van der Waals surface area contributed by atoms with Crippen LogP contribution in [-0.2, 0) is 4.79 Å². The predicted molar refractivity (Wildman–Crippen MR) is 28.3 cm³/mol. The fourth-order valence-corrected chi connectivity index (χ4v) is 0.220. The van der Waals surface area contributed by atoms with Crippen molar-refractivity contribution in [1.82, 2.24) is 0 Å². The summed E-state index contributed by atoms with van der Waals surface area (Å²) in [6.07, 6.45) is -1.11. The van der Waals surface area contributed by atoms with Gasteiger partial charge in [0.05, 0.1) is 0 Å². The summed E-state index contributed by atoms with van der Waals surface area (Å²) in [7, 11) is 0. The van der Waals surface area contributed by atoms with E-state index in [1.165, 1.54) is 0 Å². The lowest BCUT2D eigenvalue weighted by Gasteiger charge is -2.04. The highest BCUT2D eigenvalue weighted by atomic mass is 16.3. The molecule has 0 fully saturated rings. The molecule has 0 aromatic carbocycles. The lowest BCUT2D eigenvalue weighted by molar-refractivity contribution is -0.118. The Morgan fingerprint density at radius 3 is 2.00 bits per heavy atom. The van der Waals surface area contributed by atoms with E-state index in [4.69, 9.17) is 10.2 Å². The molecular weight excluding hydrogens is 108 g/mol. The Hall–Kier alpha value is -0.670. The fourth-order valence-electron chi connectivity index (χ4n) is 0.220. The number of hydrogen-bond acceptors (Lipinski definition) is 3. The van der Waals surface area contributed by atoms with Gasteiger partial charge in [-0.15, -0.1) is 6.58 Å². The van der Waals surface area contributed by atoms with Crippen LogP contribution in [0.3, 0.4) is 0 Å². The molecule has 0 aliphatic carbocycles. The van der Waals surface area contributed by atoms with Gasteiger partial charge < -0.3 is 15.0 Å². The summed E-state index contributed by atoms with van der Waals surface area (Å²) in [4.78, 5) is 9.65. The fraction of sp³-hybridized carbons (Fsp3) is 0.400. The first-order valence-electron chi connectivity index (χ1n) is 2.16. The Balaban J connectivity index is 3.60. The van der Waals surface area contributed by atoms with Gasteiger partial charge in [-0.3, -0.25) is 0 Å². The standard InChI is InChI=1S/C5H8O3/c1-2-4(7)5(8)3-6/h2-5,7-8H,1H2. The van der Waals surface area contributed by atoms with Gasteiger partial charge in [0.2, 0.25) is 0 Å². The zero-order chi connectivity index (χ0) is 6.57. The molecule has 0 aliphatic heterocycles. The minimum absolute atomic E-state index is 0.256. The van der Waals surface area contributed by atoms with Crippen LogP contribution in [-0.4, -0.2) is 28.7 Å². The third-order valence-electron chi connectivity index (χ3n) is 0.731. The van der Waals surface area contributed by atoms with E-state index in [1.54, 1.807) is 0 Å². The van der Waals surface area contributed by atoms with Gasteiger partial charge in [-0.25, -0.2) is 0 Å². The molecule has 8 heavy (non-hydrogen) atoms. The predicted octanol–water partition coefficient (Wildman–Crippen LogP) is -0.907. The summed E-state index contributed by atoms with van der Waals surface area (Å²) in [6.45, 7) is 3.16. The lowest BCUT2D eigenvalue weighted by atomic mass is 10.2.